The Hall–Kier alpha value is -6.36. The van der Waals surface area contributed by atoms with E-state index in [4.69, 9.17) is 28.4 Å². The molecule has 0 aromatic heterocycles. The molecule has 0 aromatic carbocycles. The van der Waals surface area contributed by atoms with Crippen molar-refractivity contribution in [3.63, 3.8) is 0 Å². The van der Waals surface area contributed by atoms with Crippen LogP contribution in [0.15, 0.2) is 0 Å². The molecule has 1 aliphatic heterocycles. The van der Waals surface area contributed by atoms with Gasteiger partial charge in [0.1, 0.15) is 36.3 Å². The van der Waals surface area contributed by atoms with Gasteiger partial charge in [0, 0.05) is 5.92 Å². The number of carbonyl (C=O) groups is 12. The summed E-state index contributed by atoms with van der Waals surface area (Å²) in [6, 6.07) is -8.46. The fourth-order valence-corrected chi connectivity index (χ4v) is 8.15. The molecule has 468 valence electrons. The quantitative estimate of drug-likeness (QED) is 0.112. The molecule has 1 heterocycles. The first-order chi connectivity index (χ1) is 37.8. The van der Waals surface area contributed by atoms with Gasteiger partial charge in [0.05, 0.1) is 0 Å². The van der Waals surface area contributed by atoms with Crippen molar-refractivity contribution in [3.8, 4) is 0 Å². The van der Waals surface area contributed by atoms with E-state index in [1.807, 2.05) is 0 Å². The van der Waals surface area contributed by atoms with Gasteiger partial charge < -0.3 is 60.3 Å². The molecule has 6 N–H and O–H groups in total. The van der Waals surface area contributed by atoms with Crippen LogP contribution < -0.4 is 31.9 Å². The van der Waals surface area contributed by atoms with Gasteiger partial charge >= 0.3 is 35.8 Å². The van der Waals surface area contributed by atoms with Crippen molar-refractivity contribution >= 4 is 71.3 Å². The first-order valence-corrected chi connectivity index (χ1v) is 28.9. The van der Waals surface area contributed by atoms with E-state index >= 15 is 0 Å². The second kappa shape index (κ2) is 34.3. The van der Waals surface area contributed by atoms with Crippen molar-refractivity contribution in [2.75, 3.05) is 0 Å². The van der Waals surface area contributed by atoms with E-state index < -0.39 is 180 Å². The zero-order valence-electron chi connectivity index (χ0n) is 52.3. The second-order valence-electron chi connectivity index (χ2n) is 24.5. The summed E-state index contributed by atoms with van der Waals surface area (Å²) in [4.78, 5) is 166. The molecule has 0 spiro atoms. The molecule has 0 radical (unpaired) electrons. The highest BCUT2D eigenvalue weighted by molar-refractivity contribution is 5.95. The van der Waals surface area contributed by atoms with Gasteiger partial charge in [0.15, 0.2) is 36.6 Å². The Bertz CT molecular complexity index is 2200. The van der Waals surface area contributed by atoms with E-state index in [2.05, 4.69) is 31.9 Å². The van der Waals surface area contributed by atoms with Crippen LogP contribution >= 0.6 is 0 Å². The fourth-order valence-electron chi connectivity index (χ4n) is 8.15. The van der Waals surface area contributed by atoms with Gasteiger partial charge in [-0.2, -0.15) is 0 Å². The highest BCUT2D eigenvalue weighted by Gasteiger charge is 2.41. The Morgan fingerprint density at radius 2 is 0.537 bits per heavy atom. The molecule has 1 unspecified atom stereocenters. The highest BCUT2D eigenvalue weighted by atomic mass is 16.6. The molecule has 1 aliphatic rings. The van der Waals surface area contributed by atoms with Crippen molar-refractivity contribution in [2.45, 2.75) is 244 Å². The normalized spacial score (nSPS) is 28.4. The number of ether oxygens (including phenoxy) is 6. The zero-order valence-corrected chi connectivity index (χ0v) is 52.3. The van der Waals surface area contributed by atoms with Crippen molar-refractivity contribution in [1.82, 2.24) is 31.9 Å². The summed E-state index contributed by atoms with van der Waals surface area (Å²) < 4.78 is 34.2. The van der Waals surface area contributed by atoms with E-state index in [1.165, 1.54) is 20.8 Å². The Balaban J connectivity index is 3.97. The van der Waals surface area contributed by atoms with Crippen LogP contribution in [0.1, 0.15) is 171 Å². The molecular formula is C58H98N6O18. The Morgan fingerprint density at radius 3 is 0.744 bits per heavy atom. The molecule has 0 aliphatic carbocycles. The van der Waals surface area contributed by atoms with Crippen molar-refractivity contribution in [3.05, 3.63) is 0 Å². The summed E-state index contributed by atoms with van der Waals surface area (Å²) in [6.45, 7) is 33.7. The minimum Gasteiger partial charge on any atom is -0.451 e. The monoisotopic (exact) mass is 1170 g/mol. The van der Waals surface area contributed by atoms with Crippen LogP contribution in [0, 0.1) is 53.3 Å². The number of hydrogen-bond acceptors (Lipinski definition) is 18. The molecule has 6 amide bonds. The number of esters is 6. The summed E-state index contributed by atoms with van der Waals surface area (Å²) >= 11 is 0. The lowest BCUT2D eigenvalue weighted by Crippen LogP contribution is -2.55. The SMILES string of the molecule is CCC(C)[C@@H]1OC(=O)[C@@H](C)NC(=O)[C@@H](CC(C)C)OC(=O)[C@H](C(C)C)NC(=O)[C@H](C(C)C)OC(=O)[C@@H](C)NC(=O)[C@@H](CC(C)C)OC(=O)[C@H](C(C)C)NC(=O)[C@H](C(C)C)OC(=O)[C@@H](C)NC(=O)[C@@H](CC(C)C)OC(=O)[C@@H](C(C)C)NC1=O. The third kappa shape index (κ3) is 23.9. The van der Waals surface area contributed by atoms with Crippen molar-refractivity contribution in [2.24, 2.45) is 53.3 Å². The van der Waals surface area contributed by atoms with E-state index in [0.717, 1.165) is 0 Å². The molecule has 24 heteroatoms. The van der Waals surface area contributed by atoms with Crippen molar-refractivity contribution < 1.29 is 86.0 Å². The summed E-state index contributed by atoms with van der Waals surface area (Å²) in [7, 11) is 0. The number of amides is 6. The van der Waals surface area contributed by atoms with E-state index in [1.54, 1.807) is 125 Å². The molecule has 1 fully saturated rings. The number of carbonyl (C=O) groups excluding carboxylic acids is 12. The van der Waals surface area contributed by atoms with Gasteiger partial charge in [-0.3, -0.25) is 28.8 Å². The lowest BCUT2D eigenvalue weighted by Gasteiger charge is -2.30. The smallest absolute Gasteiger partial charge is 0.329 e. The van der Waals surface area contributed by atoms with E-state index in [9.17, 15) is 57.5 Å². The van der Waals surface area contributed by atoms with Crippen LogP contribution in [0.2, 0.25) is 0 Å². The highest BCUT2D eigenvalue weighted by Crippen LogP contribution is 2.21. The molecule has 0 saturated carbocycles. The predicted octanol–water partition coefficient (Wildman–Crippen LogP) is 3.90. The third-order valence-corrected chi connectivity index (χ3v) is 13.4. The van der Waals surface area contributed by atoms with Gasteiger partial charge in [-0.25, -0.2) is 28.8 Å². The van der Waals surface area contributed by atoms with E-state index in [0.29, 0.717) is 6.42 Å². The van der Waals surface area contributed by atoms with Crippen LogP contribution in [0.5, 0.6) is 0 Å². The number of nitrogens with one attached hydrogen (secondary N) is 6. The maximum absolute atomic E-state index is 14.1. The van der Waals surface area contributed by atoms with Gasteiger partial charge in [-0.1, -0.05) is 125 Å². The third-order valence-electron chi connectivity index (χ3n) is 13.4. The minimum absolute atomic E-state index is 0.0331. The van der Waals surface area contributed by atoms with Gasteiger partial charge in [-0.05, 0) is 93.8 Å². The van der Waals surface area contributed by atoms with Crippen LogP contribution in [0.3, 0.4) is 0 Å². The summed E-state index contributed by atoms with van der Waals surface area (Å²) in [6.07, 6.45) is -8.86. The molecule has 1 rings (SSSR count). The van der Waals surface area contributed by atoms with Crippen LogP contribution in [-0.4, -0.2) is 144 Å². The van der Waals surface area contributed by atoms with Crippen LogP contribution in [0.4, 0.5) is 0 Å². The second-order valence-corrected chi connectivity index (χ2v) is 24.5. The molecule has 0 aromatic rings. The van der Waals surface area contributed by atoms with E-state index in [-0.39, 0.29) is 37.0 Å². The average molecular weight is 1170 g/mol. The molecule has 13 atom stereocenters. The lowest BCUT2D eigenvalue weighted by molar-refractivity contribution is -0.167. The summed E-state index contributed by atoms with van der Waals surface area (Å²) in [5.41, 5.74) is 0. The number of hydrogen-bond donors (Lipinski definition) is 6. The minimum atomic E-state index is -1.52. The number of rotatable bonds is 13. The number of cyclic esters (lactones) is 6. The summed E-state index contributed by atoms with van der Waals surface area (Å²) in [5.74, 6) is -16.3. The Labute approximate surface area is 484 Å². The predicted molar refractivity (Wildman–Crippen MR) is 300 cm³/mol. The topological polar surface area (TPSA) is 332 Å². The maximum Gasteiger partial charge on any atom is 0.329 e. The van der Waals surface area contributed by atoms with Gasteiger partial charge in [0.2, 0.25) is 0 Å². The molecular weight excluding hydrogens is 1070 g/mol. The fraction of sp³-hybridized carbons (Fsp3) is 0.793. The molecule has 0 bridgehead atoms. The summed E-state index contributed by atoms with van der Waals surface area (Å²) in [5, 5.41) is 15.2. The van der Waals surface area contributed by atoms with Gasteiger partial charge in [-0.15, -0.1) is 0 Å². The zero-order chi connectivity index (χ0) is 63.4. The maximum atomic E-state index is 14.1. The van der Waals surface area contributed by atoms with Crippen molar-refractivity contribution in [1.29, 1.82) is 0 Å². The molecule has 1 saturated heterocycles. The first kappa shape index (κ1) is 73.7. The largest absolute Gasteiger partial charge is 0.451 e. The molecule has 24 nitrogen and oxygen atoms in total. The average Bonchev–Trinajstić information content (AvgIpc) is 3.46. The van der Waals surface area contributed by atoms with Gasteiger partial charge in [0.25, 0.3) is 35.4 Å². The molecule has 82 heavy (non-hydrogen) atoms. The Kier molecular flexibility index (Phi) is 30.8. The van der Waals surface area contributed by atoms with Crippen LogP contribution in [-0.2, 0) is 86.0 Å². The standard InChI is InChI=1S/C58H98N6O18/c1-22-34(18)46-52(70)64-43(31(12)13)58(76)79-39(24-27(4)5)48(66)60-36(20)54(72)81-44(32(14)15)50(68)62-41(29(8)9)56(74)77-38(23-26(2)3)47(65)59-35(19)53(71)80-45(33(16)17)51(69)63-42(30(10)11)57(75)78-40(25-28(6)7)49(67)61-37(21)55(73)82-46/h26-46H,22-25H2,1-21H3,(H,59,65)(H,60,66)(H,61,67)(H,62,68)(H,63,69)(H,64,70)/t34?,35-,36-,37-,38-,39-,40-,41+,42+,43-,44+,45+,46+/m1/s1. The Morgan fingerprint density at radius 1 is 0.305 bits per heavy atom. The van der Waals surface area contributed by atoms with Crippen LogP contribution in [0.25, 0.3) is 0 Å². The lowest BCUT2D eigenvalue weighted by atomic mass is 9.98. The first-order valence-electron chi connectivity index (χ1n) is 28.9.